The Morgan fingerprint density at radius 2 is 0.902 bits per heavy atom. The molecule has 0 aromatic heterocycles. The SMILES string of the molecule is CCCCCCCCCCCCCCCCOC(CSSCCCCCCCCCCCC)O[Si](C)(C)OCCCCCCN(CCO)CCO. The molecule has 6 nitrogen and oxygen atoms in total. The van der Waals surface area contributed by atoms with Crippen molar-refractivity contribution in [2.75, 3.05) is 57.6 Å². The van der Waals surface area contributed by atoms with Gasteiger partial charge in [-0.25, -0.2) is 0 Å². The third-order valence-corrected chi connectivity index (χ3v) is 13.9. The summed E-state index contributed by atoms with van der Waals surface area (Å²) in [6, 6.07) is 0. The van der Waals surface area contributed by atoms with Crippen LogP contribution in [-0.2, 0) is 13.6 Å². The third-order valence-electron chi connectivity index (χ3n) is 9.74. The normalized spacial score (nSPS) is 12.8. The fraction of sp³-hybridized carbons (Fsp3) is 1.00. The molecule has 0 aliphatic rings. The maximum Gasteiger partial charge on any atom is 0.333 e. The van der Waals surface area contributed by atoms with Gasteiger partial charge in [0.1, 0.15) is 0 Å². The van der Waals surface area contributed by atoms with Crippen LogP contribution >= 0.6 is 21.6 Å². The highest BCUT2D eigenvalue weighted by Crippen LogP contribution is 2.27. The van der Waals surface area contributed by atoms with Crippen LogP contribution in [0.5, 0.6) is 0 Å². The monoisotopic (exact) mass is 780 g/mol. The van der Waals surface area contributed by atoms with Crippen LogP contribution in [0.25, 0.3) is 0 Å². The van der Waals surface area contributed by atoms with E-state index < -0.39 is 8.56 Å². The Morgan fingerprint density at radius 3 is 1.37 bits per heavy atom. The Morgan fingerprint density at radius 1 is 0.490 bits per heavy atom. The molecular formula is C42H89NO5S2Si. The predicted molar refractivity (Wildman–Crippen MR) is 230 cm³/mol. The van der Waals surface area contributed by atoms with E-state index in [1.54, 1.807) is 0 Å². The van der Waals surface area contributed by atoms with Crippen molar-refractivity contribution in [2.45, 2.75) is 213 Å². The molecule has 0 aliphatic carbocycles. The molecule has 308 valence electrons. The van der Waals surface area contributed by atoms with Crippen LogP contribution in [0.4, 0.5) is 0 Å². The summed E-state index contributed by atoms with van der Waals surface area (Å²) < 4.78 is 19.3. The van der Waals surface area contributed by atoms with E-state index >= 15 is 0 Å². The quantitative estimate of drug-likeness (QED) is 0.0274. The van der Waals surface area contributed by atoms with Gasteiger partial charge in [-0.1, -0.05) is 190 Å². The van der Waals surface area contributed by atoms with Gasteiger partial charge < -0.3 is 23.8 Å². The average Bonchev–Trinajstić information content (AvgIpc) is 3.11. The van der Waals surface area contributed by atoms with Crippen LogP contribution in [0, 0.1) is 0 Å². The van der Waals surface area contributed by atoms with Crippen molar-refractivity contribution in [1.29, 1.82) is 0 Å². The molecule has 0 saturated heterocycles. The summed E-state index contributed by atoms with van der Waals surface area (Å²) >= 11 is 0. The molecule has 0 aromatic carbocycles. The molecule has 0 heterocycles. The maximum atomic E-state index is 9.20. The smallest absolute Gasteiger partial charge is 0.333 e. The topological polar surface area (TPSA) is 71.4 Å². The predicted octanol–water partition coefficient (Wildman–Crippen LogP) is 12.7. The minimum atomic E-state index is -2.30. The Kier molecular flexibility index (Phi) is 42.4. The van der Waals surface area contributed by atoms with Crippen molar-refractivity contribution >= 4 is 30.1 Å². The zero-order valence-corrected chi connectivity index (χ0v) is 37.3. The lowest BCUT2D eigenvalue weighted by atomic mass is 10.0. The zero-order chi connectivity index (χ0) is 37.4. The second-order valence-corrected chi connectivity index (χ2v) is 21.2. The van der Waals surface area contributed by atoms with Crippen molar-refractivity contribution in [3.05, 3.63) is 0 Å². The Balaban J connectivity index is 4.28. The van der Waals surface area contributed by atoms with Crippen LogP contribution in [-0.4, -0.2) is 87.5 Å². The molecule has 0 rings (SSSR count). The van der Waals surface area contributed by atoms with E-state index in [0.717, 1.165) is 57.6 Å². The standard InChI is InChI=1S/C42H89NO5S2Si/c1-5-7-9-11-13-15-17-18-19-20-21-23-26-30-38-46-42(41-50-49-40-32-28-24-22-16-14-12-10-8-6-2)48-51(3,4)47-39-31-27-25-29-33-43(34-36-44)35-37-45/h42,44-45H,5-41H2,1-4H3. The Hall–Kier alpha value is 0.677. The van der Waals surface area contributed by atoms with Crippen LogP contribution in [0.3, 0.4) is 0 Å². The van der Waals surface area contributed by atoms with Crippen LogP contribution in [0.1, 0.15) is 194 Å². The summed E-state index contributed by atoms with van der Waals surface area (Å²) in [4.78, 5) is 2.13. The van der Waals surface area contributed by atoms with Gasteiger partial charge in [0.25, 0.3) is 0 Å². The van der Waals surface area contributed by atoms with Crippen molar-refractivity contribution in [2.24, 2.45) is 0 Å². The van der Waals surface area contributed by atoms with Crippen LogP contribution in [0.15, 0.2) is 0 Å². The van der Waals surface area contributed by atoms with Gasteiger partial charge >= 0.3 is 8.56 Å². The summed E-state index contributed by atoms with van der Waals surface area (Å²) in [5.74, 6) is 2.07. The highest BCUT2D eigenvalue weighted by atomic mass is 33.1. The number of unbranched alkanes of at least 4 members (excludes halogenated alkanes) is 25. The molecule has 51 heavy (non-hydrogen) atoms. The summed E-state index contributed by atoms with van der Waals surface area (Å²) in [5.41, 5.74) is 0. The van der Waals surface area contributed by atoms with E-state index in [-0.39, 0.29) is 19.5 Å². The average molecular weight is 780 g/mol. The first kappa shape index (κ1) is 51.7. The number of rotatable bonds is 44. The highest BCUT2D eigenvalue weighted by molar-refractivity contribution is 8.76. The molecule has 0 aromatic rings. The summed E-state index contributed by atoms with van der Waals surface area (Å²) in [6.45, 7) is 12.9. The second kappa shape index (κ2) is 41.8. The van der Waals surface area contributed by atoms with E-state index in [2.05, 4.69) is 31.8 Å². The van der Waals surface area contributed by atoms with Gasteiger partial charge in [-0.15, -0.1) is 0 Å². The number of ether oxygens (including phenoxy) is 1. The van der Waals surface area contributed by atoms with Crippen LogP contribution in [0.2, 0.25) is 13.1 Å². The fourth-order valence-electron chi connectivity index (χ4n) is 6.52. The first-order valence-electron chi connectivity index (χ1n) is 22.1. The van der Waals surface area contributed by atoms with Gasteiger partial charge in [0.15, 0.2) is 6.29 Å². The van der Waals surface area contributed by atoms with Gasteiger partial charge in [-0.2, -0.15) is 0 Å². The van der Waals surface area contributed by atoms with Gasteiger partial charge in [-0.3, -0.25) is 4.90 Å². The lowest BCUT2D eigenvalue weighted by molar-refractivity contribution is -0.0829. The van der Waals surface area contributed by atoms with Crippen LogP contribution < -0.4 is 0 Å². The second-order valence-electron chi connectivity index (χ2n) is 15.3. The molecule has 0 amide bonds. The molecule has 1 unspecified atom stereocenters. The van der Waals surface area contributed by atoms with Crippen molar-refractivity contribution in [3.63, 3.8) is 0 Å². The summed E-state index contributed by atoms with van der Waals surface area (Å²) in [7, 11) is 1.60. The molecule has 0 bridgehead atoms. The summed E-state index contributed by atoms with van der Waals surface area (Å²) in [5, 5.41) is 18.4. The number of hydrogen-bond acceptors (Lipinski definition) is 8. The first-order chi connectivity index (χ1) is 25.0. The minimum absolute atomic E-state index is 0.147. The number of hydrogen-bond donors (Lipinski definition) is 2. The van der Waals surface area contributed by atoms with Crippen molar-refractivity contribution < 1.29 is 23.8 Å². The van der Waals surface area contributed by atoms with Crippen molar-refractivity contribution in [3.8, 4) is 0 Å². The van der Waals surface area contributed by atoms with Gasteiger partial charge in [0, 0.05) is 32.1 Å². The molecule has 0 saturated carbocycles. The fourth-order valence-corrected chi connectivity index (χ4v) is 10.3. The van der Waals surface area contributed by atoms with Crippen molar-refractivity contribution in [1.82, 2.24) is 4.90 Å². The molecule has 9 heteroatoms. The van der Waals surface area contributed by atoms with Gasteiger partial charge in [0.05, 0.1) is 19.0 Å². The third kappa shape index (κ3) is 40.2. The molecule has 0 radical (unpaired) electrons. The molecule has 1 atom stereocenters. The van der Waals surface area contributed by atoms with Gasteiger partial charge in [-0.05, 0) is 45.3 Å². The zero-order valence-electron chi connectivity index (χ0n) is 34.6. The largest absolute Gasteiger partial charge is 0.395 e. The number of nitrogens with zero attached hydrogens (tertiary/aromatic N) is 1. The van der Waals surface area contributed by atoms with Gasteiger partial charge in [0.2, 0.25) is 0 Å². The minimum Gasteiger partial charge on any atom is -0.395 e. The van der Waals surface area contributed by atoms with E-state index in [1.807, 2.05) is 21.6 Å². The lowest BCUT2D eigenvalue weighted by Gasteiger charge is -2.29. The first-order valence-corrected chi connectivity index (χ1v) is 27.4. The number of aliphatic hydroxyl groups excluding tert-OH is 2. The van der Waals surface area contributed by atoms with E-state index in [9.17, 15) is 10.2 Å². The Bertz CT molecular complexity index is 661. The lowest BCUT2D eigenvalue weighted by Crippen LogP contribution is -2.41. The van der Waals surface area contributed by atoms with E-state index in [1.165, 1.54) is 153 Å². The van der Waals surface area contributed by atoms with E-state index in [0.29, 0.717) is 13.1 Å². The molecule has 2 N–H and O–H groups in total. The molecule has 0 spiro atoms. The molecule has 0 aliphatic heterocycles. The van der Waals surface area contributed by atoms with E-state index in [4.69, 9.17) is 13.6 Å². The summed E-state index contributed by atoms with van der Waals surface area (Å²) in [6.07, 6.45) is 37.2. The highest BCUT2D eigenvalue weighted by Gasteiger charge is 2.29. The Labute approximate surface area is 328 Å². The number of aliphatic hydroxyl groups is 2. The molecule has 0 fully saturated rings. The maximum absolute atomic E-state index is 9.20. The molecular weight excluding hydrogens is 691 g/mol.